The fraction of sp³-hybridized carbons (Fsp3) is 0.812. The van der Waals surface area contributed by atoms with Crippen LogP contribution in [0.3, 0.4) is 0 Å². The van der Waals surface area contributed by atoms with Crippen LogP contribution in [-0.4, -0.2) is 33.6 Å². The molecule has 1 aromatic rings. The van der Waals surface area contributed by atoms with Gasteiger partial charge in [-0.05, 0) is 51.1 Å². The van der Waals surface area contributed by atoms with Gasteiger partial charge in [0, 0.05) is 12.5 Å². The van der Waals surface area contributed by atoms with Crippen LogP contribution in [0.2, 0.25) is 0 Å². The van der Waals surface area contributed by atoms with Crippen molar-refractivity contribution < 1.29 is 4.79 Å². The molecule has 0 radical (unpaired) electrons. The van der Waals surface area contributed by atoms with Crippen LogP contribution in [0.5, 0.6) is 0 Å². The molecule has 1 saturated carbocycles. The number of hydrogen-bond donors (Lipinski definition) is 1. The maximum atomic E-state index is 12.4. The summed E-state index contributed by atoms with van der Waals surface area (Å²) in [7, 11) is 0. The highest BCUT2D eigenvalue weighted by Gasteiger charge is 2.25. The van der Waals surface area contributed by atoms with Crippen LogP contribution >= 0.6 is 0 Å². The first kappa shape index (κ1) is 14.7. The number of carbonyl (C=O) groups is 1. The minimum Gasteiger partial charge on any atom is -0.317 e. The van der Waals surface area contributed by atoms with Crippen molar-refractivity contribution in [1.29, 1.82) is 0 Å². The van der Waals surface area contributed by atoms with Gasteiger partial charge in [-0.2, -0.15) is 0 Å². The van der Waals surface area contributed by atoms with Gasteiger partial charge in [-0.15, -0.1) is 5.10 Å². The molecule has 0 aromatic carbocycles. The van der Waals surface area contributed by atoms with E-state index in [1.807, 2.05) is 4.68 Å². The molecule has 2 heterocycles. The van der Waals surface area contributed by atoms with Crippen molar-refractivity contribution >= 4 is 5.78 Å². The van der Waals surface area contributed by atoms with Crippen molar-refractivity contribution in [2.45, 2.75) is 57.9 Å². The van der Waals surface area contributed by atoms with Gasteiger partial charge in [-0.25, -0.2) is 4.98 Å². The lowest BCUT2D eigenvalue weighted by Gasteiger charge is -2.22. The fourth-order valence-electron chi connectivity index (χ4n) is 3.55. The molecule has 0 bridgehead atoms. The molecule has 1 saturated heterocycles. The molecule has 3 rings (SSSR count). The number of aryl methyl sites for hydroxylation is 1. The number of nitrogens with zero attached hydrogens (tertiary/aromatic N) is 3. The van der Waals surface area contributed by atoms with Gasteiger partial charge >= 0.3 is 0 Å². The number of rotatable bonds is 5. The fourth-order valence-corrected chi connectivity index (χ4v) is 3.55. The van der Waals surface area contributed by atoms with E-state index >= 15 is 0 Å². The van der Waals surface area contributed by atoms with Crippen LogP contribution in [0.1, 0.15) is 62.0 Å². The number of hydrogen-bond acceptors (Lipinski definition) is 4. The normalized spacial score (nSPS) is 21.5. The first-order chi connectivity index (χ1) is 10.3. The molecule has 0 spiro atoms. The molecular formula is C16H26N4O. The number of Topliss-reactive ketones (excluding diaryl/α,β-unsaturated/α-hetero) is 1. The van der Waals surface area contributed by atoms with Crippen LogP contribution in [0.25, 0.3) is 0 Å². The Morgan fingerprint density at radius 3 is 2.71 bits per heavy atom. The van der Waals surface area contributed by atoms with Crippen molar-refractivity contribution in [2.24, 2.45) is 11.8 Å². The zero-order chi connectivity index (χ0) is 14.5. The van der Waals surface area contributed by atoms with E-state index in [-0.39, 0.29) is 11.7 Å². The largest absolute Gasteiger partial charge is 0.317 e. The third kappa shape index (κ3) is 3.90. The Morgan fingerprint density at radius 2 is 1.95 bits per heavy atom. The lowest BCUT2D eigenvalue weighted by molar-refractivity contribution is 0.0878. The standard InChI is InChI=1S/C16H26N4O/c21-15(14-4-2-1-3-5-14)16-18-12-20(19-16)11-8-13-6-9-17-10-7-13/h12-14,17H,1-11H2. The Bertz CT molecular complexity index is 459. The minimum absolute atomic E-state index is 0.162. The van der Waals surface area contributed by atoms with Crippen LogP contribution in [0.15, 0.2) is 6.33 Å². The lowest BCUT2D eigenvalue weighted by atomic mass is 9.86. The second kappa shape index (κ2) is 7.16. The maximum Gasteiger partial charge on any atom is 0.217 e. The van der Waals surface area contributed by atoms with Crippen LogP contribution < -0.4 is 5.32 Å². The molecule has 2 aliphatic rings. The average molecular weight is 290 g/mol. The van der Waals surface area contributed by atoms with E-state index in [2.05, 4.69) is 15.4 Å². The van der Waals surface area contributed by atoms with Crippen LogP contribution in [0, 0.1) is 11.8 Å². The van der Waals surface area contributed by atoms with Gasteiger partial charge < -0.3 is 5.32 Å². The molecule has 1 aliphatic carbocycles. The highest BCUT2D eigenvalue weighted by molar-refractivity contribution is 5.94. The summed E-state index contributed by atoms with van der Waals surface area (Å²) in [6.07, 6.45) is 11.0. The van der Waals surface area contributed by atoms with E-state index in [1.165, 1.54) is 32.1 Å². The maximum absolute atomic E-state index is 12.4. The predicted molar refractivity (Wildman–Crippen MR) is 81.1 cm³/mol. The summed E-state index contributed by atoms with van der Waals surface area (Å²) in [4.78, 5) is 16.6. The van der Waals surface area contributed by atoms with Crippen molar-refractivity contribution in [3.8, 4) is 0 Å². The molecule has 1 N–H and O–H groups in total. The summed E-state index contributed by atoms with van der Waals surface area (Å²) in [5.74, 6) is 1.55. The van der Waals surface area contributed by atoms with E-state index in [0.29, 0.717) is 5.82 Å². The van der Waals surface area contributed by atoms with Crippen molar-refractivity contribution in [3.63, 3.8) is 0 Å². The number of piperidine rings is 1. The Balaban J connectivity index is 1.51. The first-order valence-corrected chi connectivity index (χ1v) is 8.47. The Hall–Kier alpha value is -1.23. The lowest BCUT2D eigenvalue weighted by Crippen LogP contribution is -2.28. The zero-order valence-corrected chi connectivity index (χ0v) is 12.8. The van der Waals surface area contributed by atoms with Gasteiger partial charge in [0.25, 0.3) is 0 Å². The quantitative estimate of drug-likeness (QED) is 0.846. The van der Waals surface area contributed by atoms with Crippen molar-refractivity contribution in [2.75, 3.05) is 13.1 Å². The zero-order valence-electron chi connectivity index (χ0n) is 12.8. The molecule has 5 heteroatoms. The molecule has 0 atom stereocenters. The minimum atomic E-state index is 0.162. The van der Waals surface area contributed by atoms with E-state index in [1.54, 1.807) is 6.33 Å². The molecule has 1 aliphatic heterocycles. The Kier molecular flexibility index (Phi) is 5.01. The molecule has 116 valence electrons. The van der Waals surface area contributed by atoms with Crippen LogP contribution in [-0.2, 0) is 6.54 Å². The van der Waals surface area contributed by atoms with E-state index in [4.69, 9.17) is 0 Å². The molecule has 0 amide bonds. The summed E-state index contributed by atoms with van der Waals surface area (Å²) in [6, 6.07) is 0. The smallest absolute Gasteiger partial charge is 0.217 e. The number of aromatic nitrogens is 3. The summed E-state index contributed by atoms with van der Waals surface area (Å²) in [6.45, 7) is 3.15. The van der Waals surface area contributed by atoms with Crippen LogP contribution in [0.4, 0.5) is 0 Å². The number of carbonyl (C=O) groups excluding carboxylic acids is 1. The molecule has 21 heavy (non-hydrogen) atoms. The summed E-state index contributed by atoms with van der Waals surface area (Å²) >= 11 is 0. The third-order valence-corrected chi connectivity index (χ3v) is 4.96. The number of ketones is 1. The highest BCUT2D eigenvalue weighted by atomic mass is 16.1. The Morgan fingerprint density at radius 1 is 1.19 bits per heavy atom. The van der Waals surface area contributed by atoms with Gasteiger partial charge in [0.2, 0.25) is 11.6 Å². The summed E-state index contributed by atoms with van der Waals surface area (Å²) in [5.41, 5.74) is 0. The van der Waals surface area contributed by atoms with E-state index in [9.17, 15) is 4.79 Å². The van der Waals surface area contributed by atoms with Crippen molar-refractivity contribution in [3.05, 3.63) is 12.2 Å². The molecule has 5 nitrogen and oxygen atoms in total. The first-order valence-electron chi connectivity index (χ1n) is 8.47. The molecule has 0 unspecified atom stereocenters. The monoisotopic (exact) mass is 290 g/mol. The third-order valence-electron chi connectivity index (χ3n) is 4.96. The number of nitrogens with one attached hydrogen (secondary N) is 1. The van der Waals surface area contributed by atoms with Crippen molar-refractivity contribution in [1.82, 2.24) is 20.1 Å². The average Bonchev–Trinajstić information content (AvgIpc) is 3.03. The van der Waals surface area contributed by atoms with Gasteiger partial charge in [0.15, 0.2) is 0 Å². The molecule has 1 aromatic heterocycles. The van der Waals surface area contributed by atoms with E-state index in [0.717, 1.165) is 44.8 Å². The predicted octanol–water partition coefficient (Wildman–Crippen LogP) is 2.43. The topological polar surface area (TPSA) is 59.8 Å². The van der Waals surface area contributed by atoms with Gasteiger partial charge in [-0.3, -0.25) is 9.48 Å². The molecule has 2 fully saturated rings. The highest BCUT2D eigenvalue weighted by Crippen LogP contribution is 2.26. The van der Waals surface area contributed by atoms with E-state index < -0.39 is 0 Å². The van der Waals surface area contributed by atoms with Gasteiger partial charge in [0.05, 0.1) is 0 Å². The van der Waals surface area contributed by atoms with Gasteiger partial charge in [0.1, 0.15) is 6.33 Å². The SMILES string of the molecule is O=C(c1ncn(CCC2CCNCC2)n1)C1CCCCC1. The summed E-state index contributed by atoms with van der Waals surface area (Å²) < 4.78 is 1.86. The second-order valence-electron chi connectivity index (χ2n) is 6.51. The summed E-state index contributed by atoms with van der Waals surface area (Å²) in [5, 5.41) is 7.80. The second-order valence-corrected chi connectivity index (χ2v) is 6.51. The van der Waals surface area contributed by atoms with Gasteiger partial charge in [-0.1, -0.05) is 19.3 Å². The Labute approximate surface area is 126 Å². The molecular weight excluding hydrogens is 264 g/mol.